The second-order valence-corrected chi connectivity index (χ2v) is 7.17. The molecule has 0 saturated heterocycles. The van der Waals surface area contributed by atoms with Gasteiger partial charge in [0.05, 0.1) is 12.7 Å². The molecule has 0 aromatic heterocycles. The Balaban J connectivity index is 2.00. The van der Waals surface area contributed by atoms with Crippen molar-refractivity contribution in [2.24, 2.45) is 22.7 Å². The Bertz CT molecular complexity index is 399. The van der Waals surface area contributed by atoms with E-state index in [1.807, 2.05) is 0 Å². The van der Waals surface area contributed by atoms with E-state index in [9.17, 15) is 15.3 Å². The van der Waals surface area contributed by atoms with Gasteiger partial charge in [-0.25, -0.2) is 0 Å². The number of fused-ring (bicyclic) bond motifs is 3. The van der Waals surface area contributed by atoms with Crippen LogP contribution in [0.3, 0.4) is 0 Å². The molecule has 0 amide bonds. The molecule has 3 N–H and O–H groups in total. The molecule has 102 valence electrons. The molecule has 18 heavy (non-hydrogen) atoms. The average molecular weight is 252 g/mol. The molecule has 3 nitrogen and oxygen atoms in total. The highest BCUT2D eigenvalue weighted by molar-refractivity contribution is 5.37. The molecule has 0 radical (unpaired) electrons. The Hall–Kier alpha value is -0.380. The summed E-state index contributed by atoms with van der Waals surface area (Å²) in [6.45, 7) is 4.60. The van der Waals surface area contributed by atoms with Crippen molar-refractivity contribution in [3.05, 3.63) is 11.1 Å². The molecule has 3 rings (SSSR count). The standard InChI is InChI=1S/C15H24O3/c1-14(8-17)5-9-12(6-14)15(2)4-3-11(15)10(7-16)13(9)18/h9,12-13,16-18H,3-8H2,1-2H3/t9-,12+,13+,14+,15+/m1/s1. The fraction of sp³-hybridized carbons (Fsp3) is 0.867. The predicted molar refractivity (Wildman–Crippen MR) is 68.9 cm³/mol. The van der Waals surface area contributed by atoms with Gasteiger partial charge in [0.1, 0.15) is 0 Å². The number of hydrogen-bond acceptors (Lipinski definition) is 3. The van der Waals surface area contributed by atoms with Gasteiger partial charge in [0.25, 0.3) is 0 Å². The van der Waals surface area contributed by atoms with Crippen molar-refractivity contribution in [2.75, 3.05) is 13.2 Å². The first-order valence-electron chi connectivity index (χ1n) is 7.07. The highest BCUT2D eigenvalue weighted by Crippen LogP contribution is 2.66. The molecule has 0 aromatic rings. The fourth-order valence-corrected chi connectivity index (χ4v) is 4.84. The van der Waals surface area contributed by atoms with E-state index >= 15 is 0 Å². The van der Waals surface area contributed by atoms with Crippen molar-refractivity contribution in [2.45, 2.75) is 45.6 Å². The fourth-order valence-electron chi connectivity index (χ4n) is 4.84. The first-order chi connectivity index (χ1) is 8.45. The Morgan fingerprint density at radius 1 is 1.22 bits per heavy atom. The third-order valence-electron chi connectivity index (χ3n) is 6.06. The maximum atomic E-state index is 10.5. The molecule has 0 heterocycles. The minimum atomic E-state index is -0.489. The molecule has 2 fully saturated rings. The second kappa shape index (κ2) is 3.81. The van der Waals surface area contributed by atoms with Crippen molar-refractivity contribution in [1.82, 2.24) is 0 Å². The Labute approximate surface area is 109 Å². The number of rotatable bonds is 2. The molecule has 2 saturated carbocycles. The third-order valence-corrected chi connectivity index (χ3v) is 6.06. The minimum absolute atomic E-state index is 0.00878. The van der Waals surface area contributed by atoms with Gasteiger partial charge in [-0.3, -0.25) is 0 Å². The van der Waals surface area contributed by atoms with E-state index < -0.39 is 6.10 Å². The zero-order chi connectivity index (χ0) is 13.1. The van der Waals surface area contributed by atoms with E-state index in [2.05, 4.69) is 13.8 Å². The minimum Gasteiger partial charge on any atom is -0.396 e. The monoisotopic (exact) mass is 252 g/mol. The number of aliphatic hydroxyl groups is 3. The molecule has 0 bridgehead atoms. The lowest BCUT2D eigenvalue weighted by Crippen LogP contribution is -2.49. The van der Waals surface area contributed by atoms with Crippen molar-refractivity contribution in [3.8, 4) is 0 Å². The summed E-state index contributed by atoms with van der Waals surface area (Å²) in [6.07, 6.45) is 3.59. The van der Waals surface area contributed by atoms with Gasteiger partial charge >= 0.3 is 0 Å². The Morgan fingerprint density at radius 3 is 2.44 bits per heavy atom. The molecule has 5 atom stereocenters. The van der Waals surface area contributed by atoms with Crippen LogP contribution < -0.4 is 0 Å². The van der Waals surface area contributed by atoms with Crippen molar-refractivity contribution in [3.63, 3.8) is 0 Å². The quantitative estimate of drug-likeness (QED) is 0.652. The van der Waals surface area contributed by atoms with Crippen LogP contribution in [0.15, 0.2) is 11.1 Å². The van der Waals surface area contributed by atoms with Gasteiger partial charge in [0, 0.05) is 6.61 Å². The second-order valence-electron chi connectivity index (χ2n) is 7.17. The number of aliphatic hydroxyl groups excluding tert-OH is 3. The SMILES string of the molecule is C[C@]1(CO)C[C@H]2[C@H](O)C(CO)=C3CC[C@]3(C)[C@H]2C1. The first-order valence-corrected chi connectivity index (χ1v) is 7.07. The van der Waals surface area contributed by atoms with Crippen molar-refractivity contribution in [1.29, 1.82) is 0 Å². The maximum absolute atomic E-state index is 10.5. The molecule has 0 spiro atoms. The summed E-state index contributed by atoms with van der Waals surface area (Å²) in [6, 6.07) is 0. The summed E-state index contributed by atoms with van der Waals surface area (Å²) in [4.78, 5) is 0. The van der Waals surface area contributed by atoms with Gasteiger partial charge in [0.15, 0.2) is 0 Å². The topological polar surface area (TPSA) is 60.7 Å². The molecule has 0 aliphatic heterocycles. The van der Waals surface area contributed by atoms with Crippen molar-refractivity contribution < 1.29 is 15.3 Å². The van der Waals surface area contributed by atoms with Crippen LogP contribution >= 0.6 is 0 Å². The molecule has 0 aromatic carbocycles. The highest BCUT2D eigenvalue weighted by atomic mass is 16.3. The third kappa shape index (κ3) is 1.41. The first kappa shape index (κ1) is 12.6. The summed E-state index contributed by atoms with van der Waals surface area (Å²) in [5.74, 6) is 0.696. The number of allylic oxidation sites excluding steroid dienone is 1. The van der Waals surface area contributed by atoms with Gasteiger partial charge in [-0.2, -0.15) is 0 Å². The highest BCUT2D eigenvalue weighted by Gasteiger charge is 2.59. The largest absolute Gasteiger partial charge is 0.396 e. The lowest BCUT2D eigenvalue weighted by atomic mass is 9.51. The smallest absolute Gasteiger partial charge is 0.0806 e. The molecule has 3 aliphatic carbocycles. The van der Waals surface area contributed by atoms with Crippen LogP contribution in [-0.4, -0.2) is 34.6 Å². The summed E-state index contributed by atoms with van der Waals surface area (Å²) < 4.78 is 0. The van der Waals surface area contributed by atoms with E-state index in [-0.39, 0.29) is 30.0 Å². The van der Waals surface area contributed by atoms with Crippen LogP contribution in [0.5, 0.6) is 0 Å². The summed E-state index contributed by atoms with van der Waals surface area (Å²) >= 11 is 0. The lowest BCUT2D eigenvalue weighted by molar-refractivity contribution is 0.0106. The van der Waals surface area contributed by atoms with E-state index in [0.29, 0.717) is 5.92 Å². The molecule has 3 aliphatic rings. The van der Waals surface area contributed by atoms with E-state index in [4.69, 9.17) is 0 Å². The van der Waals surface area contributed by atoms with Crippen LogP contribution in [0.1, 0.15) is 39.5 Å². The van der Waals surface area contributed by atoms with Crippen LogP contribution in [0.2, 0.25) is 0 Å². The normalized spacial score (nSPS) is 50.8. The zero-order valence-corrected chi connectivity index (χ0v) is 11.3. The number of hydrogen-bond donors (Lipinski definition) is 3. The van der Waals surface area contributed by atoms with E-state index in [1.165, 1.54) is 12.0 Å². The van der Waals surface area contributed by atoms with Crippen LogP contribution in [0, 0.1) is 22.7 Å². The van der Waals surface area contributed by atoms with Gasteiger partial charge in [-0.05, 0) is 53.9 Å². The molecule has 0 unspecified atom stereocenters. The summed E-state index contributed by atoms with van der Waals surface area (Å²) in [5, 5.41) is 29.6. The van der Waals surface area contributed by atoms with Crippen LogP contribution in [-0.2, 0) is 0 Å². The lowest BCUT2D eigenvalue weighted by Gasteiger charge is -2.55. The van der Waals surface area contributed by atoms with E-state index in [0.717, 1.165) is 24.8 Å². The zero-order valence-electron chi connectivity index (χ0n) is 11.3. The Morgan fingerprint density at radius 2 is 1.94 bits per heavy atom. The van der Waals surface area contributed by atoms with Crippen molar-refractivity contribution >= 4 is 0 Å². The van der Waals surface area contributed by atoms with E-state index in [1.54, 1.807) is 0 Å². The van der Waals surface area contributed by atoms with Crippen LogP contribution in [0.25, 0.3) is 0 Å². The molecular formula is C15H24O3. The maximum Gasteiger partial charge on any atom is 0.0806 e. The van der Waals surface area contributed by atoms with Gasteiger partial charge < -0.3 is 15.3 Å². The summed E-state index contributed by atoms with van der Waals surface area (Å²) in [5.41, 5.74) is 2.31. The van der Waals surface area contributed by atoms with Crippen LogP contribution in [0.4, 0.5) is 0 Å². The van der Waals surface area contributed by atoms with Gasteiger partial charge in [-0.1, -0.05) is 19.4 Å². The Kier molecular flexibility index (Phi) is 2.68. The summed E-state index contributed by atoms with van der Waals surface area (Å²) in [7, 11) is 0. The van der Waals surface area contributed by atoms with Gasteiger partial charge in [-0.15, -0.1) is 0 Å². The predicted octanol–water partition coefficient (Wildman–Crippen LogP) is 1.47. The van der Waals surface area contributed by atoms with Gasteiger partial charge in [0.2, 0.25) is 0 Å². The average Bonchev–Trinajstić information content (AvgIpc) is 2.71. The molecular weight excluding hydrogens is 228 g/mol. The molecule has 3 heteroatoms.